The van der Waals surface area contributed by atoms with Crippen molar-refractivity contribution in [1.29, 1.82) is 0 Å². The highest BCUT2D eigenvalue weighted by Gasteiger charge is 2.38. The second-order valence-electron chi connectivity index (χ2n) is 6.01. The van der Waals surface area contributed by atoms with Gasteiger partial charge in [0.15, 0.2) is 0 Å². The van der Waals surface area contributed by atoms with E-state index in [1.54, 1.807) is 6.92 Å². The van der Waals surface area contributed by atoms with Crippen molar-refractivity contribution in [3.8, 4) is 0 Å². The van der Waals surface area contributed by atoms with Crippen molar-refractivity contribution in [2.24, 2.45) is 0 Å². The first-order valence-electron chi connectivity index (χ1n) is 7.81. The molecule has 1 N–H and O–H groups in total. The van der Waals surface area contributed by atoms with Gasteiger partial charge in [0, 0.05) is 25.0 Å². The molecule has 0 aromatic carbocycles. The summed E-state index contributed by atoms with van der Waals surface area (Å²) in [6, 6.07) is 1.36. The maximum atomic E-state index is 11.2. The summed E-state index contributed by atoms with van der Waals surface area (Å²) in [6.07, 6.45) is 7.36. The molecule has 0 aromatic heterocycles. The van der Waals surface area contributed by atoms with Crippen LogP contribution in [0.5, 0.6) is 0 Å². The Morgan fingerprint density at radius 3 is 2.47 bits per heavy atom. The Balaban J connectivity index is 1.83. The maximum absolute atomic E-state index is 11.2. The molecule has 0 spiro atoms. The molecule has 4 nitrogen and oxygen atoms in total. The van der Waals surface area contributed by atoms with Gasteiger partial charge in [-0.15, -0.1) is 0 Å². The topological polar surface area (TPSA) is 41.6 Å². The monoisotopic (exact) mass is 268 g/mol. The average Bonchev–Trinajstić information content (AvgIpc) is 2.34. The molecule has 2 saturated heterocycles. The smallest absolute Gasteiger partial charge is 0.217 e. The number of piperidine rings is 1. The number of carbonyl (C=O) groups is 1. The van der Waals surface area contributed by atoms with Gasteiger partial charge in [-0.25, -0.2) is 0 Å². The van der Waals surface area contributed by atoms with Crippen LogP contribution in [-0.4, -0.2) is 48.7 Å². The van der Waals surface area contributed by atoms with Gasteiger partial charge in [0.25, 0.3) is 0 Å². The van der Waals surface area contributed by atoms with Crippen LogP contribution in [0.15, 0.2) is 0 Å². The van der Waals surface area contributed by atoms with E-state index >= 15 is 0 Å². The number of rotatable bonds is 6. The molecule has 2 aliphatic heterocycles. The molecule has 2 fully saturated rings. The van der Waals surface area contributed by atoms with Crippen molar-refractivity contribution in [2.45, 2.75) is 70.5 Å². The molecule has 1 amide bonds. The summed E-state index contributed by atoms with van der Waals surface area (Å²) in [5.74, 6) is 0.0976. The van der Waals surface area contributed by atoms with Crippen molar-refractivity contribution in [3.63, 3.8) is 0 Å². The standard InChI is InChI=1S/C15H28N2O2/c1-3-4-5-6-7-17-14-8-13(16-12(2)18)9-15(17)11-19-10-14/h13-15H,3-11H2,1-2H3,(H,16,18). The van der Waals surface area contributed by atoms with Gasteiger partial charge >= 0.3 is 0 Å². The number of hydrogen-bond donors (Lipinski definition) is 1. The van der Waals surface area contributed by atoms with Crippen LogP contribution in [0, 0.1) is 0 Å². The van der Waals surface area contributed by atoms with Gasteiger partial charge < -0.3 is 10.1 Å². The summed E-state index contributed by atoms with van der Waals surface area (Å²) in [5, 5.41) is 3.09. The third-order valence-corrected chi connectivity index (χ3v) is 4.35. The van der Waals surface area contributed by atoms with Crippen molar-refractivity contribution >= 4 is 5.91 Å². The Hall–Kier alpha value is -0.610. The lowest BCUT2D eigenvalue weighted by atomic mass is 9.89. The summed E-state index contributed by atoms with van der Waals surface area (Å²) < 4.78 is 5.69. The van der Waals surface area contributed by atoms with Crippen LogP contribution in [0.2, 0.25) is 0 Å². The number of carbonyl (C=O) groups excluding carboxylic acids is 1. The van der Waals surface area contributed by atoms with E-state index in [1.165, 1.54) is 32.2 Å². The molecule has 0 radical (unpaired) electrons. The fourth-order valence-electron chi connectivity index (χ4n) is 3.48. The number of nitrogens with zero attached hydrogens (tertiary/aromatic N) is 1. The van der Waals surface area contributed by atoms with Crippen LogP contribution in [0.25, 0.3) is 0 Å². The van der Waals surface area contributed by atoms with Crippen LogP contribution < -0.4 is 5.32 Å². The van der Waals surface area contributed by atoms with Crippen molar-refractivity contribution < 1.29 is 9.53 Å². The predicted octanol–water partition coefficient (Wildman–Crippen LogP) is 1.93. The lowest BCUT2D eigenvalue weighted by Crippen LogP contribution is -2.60. The molecule has 2 bridgehead atoms. The van der Waals surface area contributed by atoms with Crippen LogP contribution in [-0.2, 0) is 9.53 Å². The minimum Gasteiger partial charge on any atom is -0.378 e. The molecule has 0 aliphatic carbocycles. The largest absolute Gasteiger partial charge is 0.378 e. The van der Waals surface area contributed by atoms with Gasteiger partial charge in [0.2, 0.25) is 5.91 Å². The highest BCUT2D eigenvalue weighted by molar-refractivity contribution is 5.73. The number of unbranched alkanes of at least 4 members (excludes halogenated alkanes) is 3. The maximum Gasteiger partial charge on any atom is 0.217 e. The van der Waals surface area contributed by atoms with E-state index in [-0.39, 0.29) is 5.91 Å². The molecule has 0 aromatic rings. The third kappa shape index (κ3) is 4.18. The van der Waals surface area contributed by atoms with E-state index in [9.17, 15) is 4.79 Å². The second kappa shape index (κ2) is 7.25. The first-order chi connectivity index (χ1) is 9.20. The molecule has 4 heteroatoms. The number of morpholine rings is 1. The summed E-state index contributed by atoms with van der Waals surface area (Å²) in [4.78, 5) is 13.8. The molecule has 2 aliphatic rings. The first kappa shape index (κ1) is 14.8. The molecule has 2 unspecified atom stereocenters. The minimum absolute atomic E-state index is 0.0976. The van der Waals surface area contributed by atoms with Crippen LogP contribution in [0.3, 0.4) is 0 Å². The van der Waals surface area contributed by atoms with Crippen LogP contribution >= 0.6 is 0 Å². The lowest BCUT2D eigenvalue weighted by molar-refractivity contribution is -0.122. The van der Waals surface area contributed by atoms with E-state index in [1.807, 2.05) is 0 Å². The molecular weight excluding hydrogens is 240 g/mol. The number of nitrogens with one attached hydrogen (secondary N) is 1. The third-order valence-electron chi connectivity index (χ3n) is 4.35. The summed E-state index contributed by atoms with van der Waals surface area (Å²) >= 11 is 0. The normalized spacial score (nSPS) is 31.2. The number of hydrogen-bond acceptors (Lipinski definition) is 3. The summed E-state index contributed by atoms with van der Waals surface area (Å²) in [5.41, 5.74) is 0. The Labute approximate surface area is 116 Å². The zero-order valence-electron chi connectivity index (χ0n) is 12.4. The predicted molar refractivity (Wildman–Crippen MR) is 76.1 cm³/mol. The van der Waals surface area contributed by atoms with Gasteiger partial charge in [-0.05, 0) is 25.8 Å². The van der Waals surface area contributed by atoms with Crippen LogP contribution in [0.4, 0.5) is 0 Å². The fourth-order valence-corrected chi connectivity index (χ4v) is 3.48. The average molecular weight is 268 g/mol. The lowest BCUT2D eigenvalue weighted by Gasteiger charge is -2.48. The molecule has 110 valence electrons. The first-order valence-corrected chi connectivity index (χ1v) is 7.81. The Kier molecular flexibility index (Phi) is 5.64. The SMILES string of the molecule is CCCCCCN1C2COCC1CC(NC(C)=O)C2. The highest BCUT2D eigenvalue weighted by Crippen LogP contribution is 2.28. The van der Waals surface area contributed by atoms with E-state index in [0.29, 0.717) is 18.1 Å². The number of amides is 1. The zero-order chi connectivity index (χ0) is 13.7. The van der Waals surface area contributed by atoms with Crippen molar-refractivity contribution in [1.82, 2.24) is 10.2 Å². The number of ether oxygens (including phenoxy) is 1. The van der Waals surface area contributed by atoms with Gasteiger partial charge in [-0.2, -0.15) is 0 Å². The molecule has 2 rings (SSSR count). The highest BCUT2D eigenvalue weighted by atomic mass is 16.5. The van der Waals surface area contributed by atoms with Crippen molar-refractivity contribution in [3.05, 3.63) is 0 Å². The van der Waals surface area contributed by atoms with Crippen molar-refractivity contribution in [2.75, 3.05) is 19.8 Å². The Morgan fingerprint density at radius 1 is 1.21 bits per heavy atom. The van der Waals surface area contributed by atoms with E-state index in [2.05, 4.69) is 17.1 Å². The fraction of sp³-hybridized carbons (Fsp3) is 0.933. The molecular formula is C15H28N2O2. The molecule has 2 heterocycles. The zero-order valence-corrected chi connectivity index (χ0v) is 12.4. The molecule has 2 atom stereocenters. The number of fused-ring (bicyclic) bond motifs is 2. The van der Waals surface area contributed by atoms with Gasteiger partial charge in [-0.1, -0.05) is 26.2 Å². The Morgan fingerprint density at radius 2 is 1.89 bits per heavy atom. The van der Waals surface area contributed by atoms with Gasteiger partial charge in [0.1, 0.15) is 0 Å². The molecule has 0 saturated carbocycles. The summed E-state index contributed by atoms with van der Waals surface area (Å²) in [6.45, 7) is 6.73. The molecule has 19 heavy (non-hydrogen) atoms. The quantitative estimate of drug-likeness (QED) is 0.749. The Bertz CT molecular complexity index is 282. The van der Waals surface area contributed by atoms with Gasteiger partial charge in [-0.3, -0.25) is 9.69 Å². The van der Waals surface area contributed by atoms with E-state index in [0.717, 1.165) is 26.1 Å². The van der Waals surface area contributed by atoms with Gasteiger partial charge in [0.05, 0.1) is 13.2 Å². The van der Waals surface area contributed by atoms with E-state index < -0.39 is 0 Å². The minimum atomic E-state index is 0.0976. The van der Waals surface area contributed by atoms with Crippen LogP contribution in [0.1, 0.15) is 52.4 Å². The van der Waals surface area contributed by atoms with E-state index in [4.69, 9.17) is 4.74 Å². The summed E-state index contributed by atoms with van der Waals surface area (Å²) in [7, 11) is 0. The second-order valence-corrected chi connectivity index (χ2v) is 6.01.